The molecule has 0 aliphatic rings. The van der Waals surface area contributed by atoms with Gasteiger partial charge in [0.05, 0.1) is 18.3 Å². The highest BCUT2D eigenvalue weighted by molar-refractivity contribution is 5.91. The van der Waals surface area contributed by atoms with E-state index < -0.39 is 0 Å². The lowest BCUT2D eigenvalue weighted by Gasteiger charge is -2.14. The summed E-state index contributed by atoms with van der Waals surface area (Å²) in [6.07, 6.45) is 22.0. The van der Waals surface area contributed by atoms with Crippen LogP contribution in [0.1, 0.15) is 152 Å². The molecular weight excluding hydrogens is 496 g/mol. The Kier molecular flexibility index (Phi) is 18.9. The van der Waals surface area contributed by atoms with E-state index in [0.29, 0.717) is 23.7 Å². The van der Waals surface area contributed by atoms with Gasteiger partial charge in [0.2, 0.25) is 0 Å². The second kappa shape index (κ2) is 22.4. The largest absolute Gasteiger partial charge is 0.490 e. The van der Waals surface area contributed by atoms with Gasteiger partial charge in [-0.3, -0.25) is 0 Å². The zero-order valence-electron chi connectivity index (χ0n) is 25.8. The number of benzene rings is 2. The van der Waals surface area contributed by atoms with Crippen LogP contribution >= 0.6 is 0 Å². The van der Waals surface area contributed by atoms with Gasteiger partial charge in [-0.2, -0.15) is 0 Å². The van der Waals surface area contributed by atoms with E-state index in [0.717, 1.165) is 25.0 Å². The first-order valence-electron chi connectivity index (χ1n) is 16.3. The molecule has 4 heteroatoms. The van der Waals surface area contributed by atoms with E-state index in [-0.39, 0.29) is 12.1 Å². The summed E-state index contributed by atoms with van der Waals surface area (Å²) in [4.78, 5) is 12.8. The highest BCUT2D eigenvalue weighted by Crippen LogP contribution is 2.28. The molecule has 0 aliphatic carbocycles. The molecule has 40 heavy (non-hydrogen) atoms. The van der Waals surface area contributed by atoms with Gasteiger partial charge < -0.3 is 14.2 Å². The van der Waals surface area contributed by atoms with Crippen LogP contribution in [0.25, 0.3) is 0 Å². The molecule has 0 aliphatic heterocycles. The lowest BCUT2D eigenvalue weighted by molar-refractivity contribution is 0.0626. The molecular formula is C36H56O4. The fraction of sp³-hybridized carbons (Fsp3) is 0.639. The lowest BCUT2D eigenvalue weighted by atomic mass is 10.0. The number of hydrogen-bond donors (Lipinski definition) is 0. The first kappa shape index (κ1) is 33.9. The molecule has 0 aromatic heterocycles. The van der Waals surface area contributed by atoms with Crippen LogP contribution in [0.5, 0.6) is 11.5 Å². The molecule has 2 aromatic rings. The Labute approximate surface area is 245 Å². The third-order valence-corrected chi connectivity index (χ3v) is 7.54. The molecule has 0 heterocycles. The van der Waals surface area contributed by atoms with Gasteiger partial charge in [-0.05, 0) is 49.6 Å². The van der Waals surface area contributed by atoms with Crippen LogP contribution in [0.4, 0.5) is 0 Å². The van der Waals surface area contributed by atoms with Crippen LogP contribution in [0.2, 0.25) is 0 Å². The first-order chi connectivity index (χ1) is 19.7. The van der Waals surface area contributed by atoms with E-state index in [1.165, 1.54) is 96.3 Å². The van der Waals surface area contributed by atoms with Gasteiger partial charge in [-0.15, -0.1) is 0 Å². The van der Waals surface area contributed by atoms with Crippen molar-refractivity contribution in [2.75, 3.05) is 13.2 Å². The summed E-state index contributed by atoms with van der Waals surface area (Å²) in [6, 6.07) is 15.0. The molecule has 224 valence electrons. The molecule has 0 radical (unpaired) electrons. The Morgan fingerprint density at radius 3 is 1.65 bits per heavy atom. The van der Waals surface area contributed by atoms with Crippen molar-refractivity contribution in [2.45, 2.75) is 136 Å². The molecule has 2 aromatic carbocycles. The molecule has 0 fully saturated rings. The van der Waals surface area contributed by atoms with Crippen molar-refractivity contribution >= 4 is 5.97 Å². The van der Waals surface area contributed by atoms with E-state index >= 15 is 0 Å². The van der Waals surface area contributed by atoms with Crippen LogP contribution in [0, 0.1) is 0 Å². The summed E-state index contributed by atoms with van der Waals surface area (Å²) in [5.41, 5.74) is 1.58. The normalized spacial score (nSPS) is 11.9. The van der Waals surface area contributed by atoms with Gasteiger partial charge in [0, 0.05) is 6.61 Å². The number of carbonyl (C=O) groups is 1. The quantitative estimate of drug-likeness (QED) is 0.0738. The number of para-hydroxylation sites is 2. The smallest absolute Gasteiger partial charge is 0.343 e. The zero-order valence-corrected chi connectivity index (χ0v) is 25.8. The van der Waals surface area contributed by atoms with Crippen LogP contribution in [0.3, 0.4) is 0 Å². The summed E-state index contributed by atoms with van der Waals surface area (Å²) >= 11 is 0. The third kappa shape index (κ3) is 14.9. The number of unbranched alkanes of at least 4 members (excludes halogenated alkanes) is 15. The molecule has 0 amide bonds. The minimum Gasteiger partial charge on any atom is -0.490 e. The molecule has 1 unspecified atom stereocenters. The monoisotopic (exact) mass is 552 g/mol. The van der Waals surface area contributed by atoms with E-state index in [9.17, 15) is 4.79 Å². The van der Waals surface area contributed by atoms with Gasteiger partial charge >= 0.3 is 5.97 Å². The van der Waals surface area contributed by atoms with Crippen molar-refractivity contribution in [1.82, 2.24) is 0 Å². The standard InChI is InChI=1S/C36H56O4/c1-4-6-8-10-11-12-13-14-15-16-17-18-22-30-39-34-23-19-20-24-35(34)40-36(37)33-27-25-32(26-28-33)31(3)38-29-21-9-7-5-2/h19-20,23-28,31H,4-18,21-22,29-30H2,1-3H3. The molecule has 0 N–H and O–H groups in total. The minimum atomic E-state index is -0.378. The Morgan fingerprint density at radius 1 is 0.600 bits per heavy atom. The fourth-order valence-electron chi connectivity index (χ4n) is 4.89. The topological polar surface area (TPSA) is 44.8 Å². The molecule has 4 nitrogen and oxygen atoms in total. The second-order valence-corrected chi connectivity index (χ2v) is 11.1. The van der Waals surface area contributed by atoms with Gasteiger partial charge in [0.15, 0.2) is 11.5 Å². The van der Waals surface area contributed by atoms with E-state index in [4.69, 9.17) is 14.2 Å². The maximum Gasteiger partial charge on any atom is 0.343 e. The minimum absolute atomic E-state index is 0.00549. The number of carbonyl (C=O) groups excluding carboxylic acids is 1. The molecule has 0 bridgehead atoms. The zero-order chi connectivity index (χ0) is 28.7. The van der Waals surface area contributed by atoms with Crippen LogP contribution < -0.4 is 9.47 Å². The third-order valence-electron chi connectivity index (χ3n) is 7.54. The second-order valence-electron chi connectivity index (χ2n) is 11.1. The van der Waals surface area contributed by atoms with Crippen LogP contribution in [0.15, 0.2) is 48.5 Å². The van der Waals surface area contributed by atoms with Crippen molar-refractivity contribution in [3.05, 3.63) is 59.7 Å². The van der Waals surface area contributed by atoms with Gasteiger partial charge in [-0.1, -0.05) is 134 Å². The molecule has 0 saturated heterocycles. The summed E-state index contributed by atoms with van der Waals surface area (Å²) in [7, 11) is 0. The van der Waals surface area contributed by atoms with Gasteiger partial charge in [0.25, 0.3) is 0 Å². The Bertz CT molecular complexity index is 892. The molecule has 0 saturated carbocycles. The van der Waals surface area contributed by atoms with Crippen molar-refractivity contribution in [2.24, 2.45) is 0 Å². The lowest BCUT2D eigenvalue weighted by Crippen LogP contribution is -2.10. The van der Waals surface area contributed by atoms with Gasteiger partial charge in [0.1, 0.15) is 0 Å². The Balaban J connectivity index is 1.63. The Morgan fingerprint density at radius 2 is 1.07 bits per heavy atom. The maximum absolute atomic E-state index is 12.8. The Hall–Kier alpha value is -2.33. The van der Waals surface area contributed by atoms with E-state index in [2.05, 4.69) is 20.8 Å². The number of hydrogen-bond acceptors (Lipinski definition) is 4. The summed E-state index contributed by atoms with van der Waals surface area (Å²) in [5, 5.41) is 0. The maximum atomic E-state index is 12.8. The summed E-state index contributed by atoms with van der Waals surface area (Å²) in [5.74, 6) is 0.711. The van der Waals surface area contributed by atoms with E-state index in [1.807, 2.05) is 42.5 Å². The summed E-state index contributed by atoms with van der Waals surface area (Å²) < 4.78 is 17.7. The van der Waals surface area contributed by atoms with Crippen molar-refractivity contribution in [1.29, 1.82) is 0 Å². The van der Waals surface area contributed by atoms with Crippen molar-refractivity contribution < 1.29 is 19.0 Å². The van der Waals surface area contributed by atoms with Gasteiger partial charge in [-0.25, -0.2) is 4.79 Å². The first-order valence-corrected chi connectivity index (χ1v) is 16.3. The predicted molar refractivity (Wildman–Crippen MR) is 168 cm³/mol. The fourth-order valence-corrected chi connectivity index (χ4v) is 4.89. The average molecular weight is 553 g/mol. The summed E-state index contributed by atoms with van der Waals surface area (Å²) in [6.45, 7) is 7.94. The number of esters is 1. The van der Waals surface area contributed by atoms with Crippen molar-refractivity contribution in [3.8, 4) is 11.5 Å². The average Bonchev–Trinajstić information content (AvgIpc) is 2.98. The van der Waals surface area contributed by atoms with Crippen molar-refractivity contribution in [3.63, 3.8) is 0 Å². The van der Waals surface area contributed by atoms with Crippen LogP contribution in [-0.2, 0) is 4.74 Å². The number of ether oxygens (including phenoxy) is 3. The highest BCUT2D eigenvalue weighted by Gasteiger charge is 2.14. The van der Waals surface area contributed by atoms with Crippen LogP contribution in [-0.4, -0.2) is 19.2 Å². The highest BCUT2D eigenvalue weighted by atomic mass is 16.6. The van der Waals surface area contributed by atoms with E-state index in [1.54, 1.807) is 6.07 Å². The molecule has 0 spiro atoms. The molecule has 2 rings (SSSR count). The predicted octanol–water partition coefficient (Wildman–Crippen LogP) is 11.0. The number of rotatable bonds is 24. The SMILES string of the molecule is CCCCCCCCCCCCCCCOc1ccccc1OC(=O)c1ccc(C(C)OCCCCCC)cc1. The molecule has 1 atom stereocenters.